The second-order valence-electron chi connectivity index (χ2n) is 7.05. The average Bonchev–Trinajstić information content (AvgIpc) is 2.81. The minimum atomic E-state index is -0.885. The third-order valence-electron chi connectivity index (χ3n) is 4.91. The van der Waals surface area contributed by atoms with Gasteiger partial charge in [-0.2, -0.15) is 0 Å². The normalized spacial score (nSPS) is 45.1. The molecule has 3 aliphatic heterocycles. The maximum Gasteiger partial charge on any atom is 0.262 e. The number of hydrogen-bond donors (Lipinski definition) is 0. The molecule has 4 atom stereocenters. The fourth-order valence-corrected chi connectivity index (χ4v) is 3.99. The lowest BCUT2D eigenvalue weighted by molar-refractivity contribution is -0.340. The molecule has 4 aliphatic rings. The van der Waals surface area contributed by atoms with Crippen LogP contribution in [0, 0.1) is 11.3 Å². The van der Waals surface area contributed by atoms with E-state index in [9.17, 15) is 4.79 Å². The van der Waals surface area contributed by atoms with Crippen molar-refractivity contribution in [3.05, 3.63) is 11.3 Å². The van der Waals surface area contributed by atoms with Gasteiger partial charge in [-0.1, -0.05) is 13.8 Å². The molecule has 5 heteroatoms. The topological polar surface area (TPSA) is 54.0 Å². The minimum absolute atomic E-state index is 0.0395. The molecular formula is C15H20O5. The minimum Gasteiger partial charge on any atom is -0.461 e. The number of hydrogen-bond acceptors (Lipinski definition) is 5. The summed E-state index contributed by atoms with van der Waals surface area (Å²) in [6, 6.07) is 0. The van der Waals surface area contributed by atoms with Gasteiger partial charge in [0.1, 0.15) is 5.76 Å². The van der Waals surface area contributed by atoms with Gasteiger partial charge in [0, 0.05) is 37.9 Å². The van der Waals surface area contributed by atoms with Gasteiger partial charge < -0.3 is 18.9 Å². The van der Waals surface area contributed by atoms with Gasteiger partial charge in [0.2, 0.25) is 6.29 Å². The summed E-state index contributed by atoms with van der Waals surface area (Å²) in [5, 5.41) is 0. The molecule has 0 aromatic heterocycles. The van der Waals surface area contributed by atoms with Crippen LogP contribution in [-0.4, -0.2) is 37.7 Å². The van der Waals surface area contributed by atoms with Crippen molar-refractivity contribution in [2.45, 2.75) is 51.3 Å². The van der Waals surface area contributed by atoms with Gasteiger partial charge in [-0.05, 0) is 5.41 Å². The van der Waals surface area contributed by atoms with Crippen LogP contribution >= 0.6 is 0 Å². The highest BCUT2D eigenvalue weighted by Crippen LogP contribution is 2.53. The first-order valence-corrected chi connectivity index (χ1v) is 7.22. The lowest BCUT2D eigenvalue weighted by Gasteiger charge is -2.49. The zero-order chi connectivity index (χ0) is 14.1. The van der Waals surface area contributed by atoms with E-state index in [-0.39, 0.29) is 23.2 Å². The van der Waals surface area contributed by atoms with E-state index >= 15 is 0 Å². The molecule has 110 valence electrons. The molecule has 0 spiro atoms. The summed E-state index contributed by atoms with van der Waals surface area (Å²) in [7, 11) is 1.61. The van der Waals surface area contributed by atoms with E-state index in [4.69, 9.17) is 18.9 Å². The van der Waals surface area contributed by atoms with E-state index in [0.717, 1.165) is 17.8 Å². The van der Waals surface area contributed by atoms with Crippen molar-refractivity contribution < 1.29 is 23.7 Å². The molecule has 0 amide bonds. The number of ether oxygens (including phenoxy) is 4. The first-order valence-electron chi connectivity index (χ1n) is 7.22. The van der Waals surface area contributed by atoms with Crippen LogP contribution in [0.2, 0.25) is 0 Å². The Hall–Kier alpha value is -0.910. The Morgan fingerprint density at radius 2 is 2.10 bits per heavy atom. The summed E-state index contributed by atoms with van der Waals surface area (Å²) in [5.74, 6) is 0.151. The predicted molar refractivity (Wildman–Crippen MR) is 68.6 cm³/mol. The second kappa shape index (κ2) is 3.84. The number of ketones is 1. The average molecular weight is 280 g/mol. The van der Waals surface area contributed by atoms with Crippen molar-refractivity contribution in [3.63, 3.8) is 0 Å². The molecule has 0 aromatic carbocycles. The van der Waals surface area contributed by atoms with Crippen LogP contribution in [0.25, 0.3) is 0 Å². The Labute approximate surface area is 118 Å². The summed E-state index contributed by atoms with van der Waals surface area (Å²) < 4.78 is 23.3. The third-order valence-corrected chi connectivity index (χ3v) is 4.91. The highest BCUT2D eigenvalue weighted by atomic mass is 16.8. The molecule has 4 rings (SSSR count). The molecule has 2 fully saturated rings. The predicted octanol–water partition coefficient (Wildman–Crippen LogP) is 1.76. The quantitative estimate of drug-likeness (QED) is 0.732. The number of allylic oxidation sites excluding steroid dienone is 1. The van der Waals surface area contributed by atoms with Crippen molar-refractivity contribution in [1.29, 1.82) is 0 Å². The molecule has 2 saturated heterocycles. The van der Waals surface area contributed by atoms with Crippen LogP contribution in [0.5, 0.6) is 0 Å². The summed E-state index contributed by atoms with van der Waals surface area (Å²) in [4.78, 5) is 12.5. The van der Waals surface area contributed by atoms with Gasteiger partial charge in [-0.3, -0.25) is 4.79 Å². The Morgan fingerprint density at radius 1 is 1.30 bits per heavy atom. The van der Waals surface area contributed by atoms with Gasteiger partial charge in [0.25, 0.3) is 5.79 Å². The molecule has 0 saturated carbocycles. The van der Waals surface area contributed by atoms with E-state index < -0.39 is 12.1 Å². The van der Waals surface area contributed by atoms with Crippen molar-refractivity contribution >= 4 is 5.78 Å². The van der Waals surface area contributed by atoms with Gasteiger partial charge in [0.15, 0.2) is 5.78 Å². The fourth-order valence-electron chi connectivity index (χ4n) is 3.99. The maximum atomic E-state index is 12.5. The van der Waals surface area contributed by atoms with E-state index in [1.165, 1.54) is 0 Å². The number of carbonyl (C=O) groups excluding carboxylic acids is 1. The number of carbonyl (C=O) groups is 1. The molecule has 0 aromatic rings. The summed E-state index contributed by atoms with van der Waals surface area (Å²) >= 11 is 0. The number of fused-ring (bicyclic) bond motifs is 7. The van der Waals surface area contributed by atoms with Crippen molar-refractivity contribution in [2.75, 3.05) is 13.7 Å². The number of methoxy groups -OCH3 is 1. The SMILES string of the molecule is CO[C@]12C[C@H](C3=C(CC(C)(C)CC3=O)O1)[C@H]1CO[C@@H]2O1. The van der Waals surface area contributed by atoms with Crippen LogP contribution in [0.15, 0.2) is 11.3 Å². The van der Waals surface area contributed by atoms with Crippen LogP contribution in [-0.2, 0) is 23.7 Å². The molecule has 0 N–H and O–H groups in total. The Balaban J connectivity index is 1.81. The van der Waals surface area contributed by atoms with Crippen molar-refractivity contribution in [3.8, 4) is 0 Å². The number of rotatable bonds is 1. The summed E-state index contributed by atoms with van der Waals surface area (Å²) in [5.41, 5.74) is 0.767. The monoisotopic (exact) mass is 280 g/mol. The third kappa shape index (κ3) is 1.57. The summed E-state index contributed by atoms with van der Waals surface area (Å²) in [6.07, 6.45) is 1.46. The highest BCUT2D eigenvalue weighted by Gasteiger charge is 2.62. The lowest BCUT2D eigenvalue weighted by Crippen LogP contribution is -2.57. The van der Waals surface area contributed by atoms with Gasteiger partial charge >= 0.3 is 0 Å². The van der Waals surface area contributed by atoms with E-state index in [1.54, 1.807) is 7.11 Å². The summed E-state index contributed by atoms with van der Waals surface area (Å²) in [6.45, 7) is 4.71. The molecule has 20 heavy (non-hydrogen) atoms. The molecule has 5 nitrogen and oxygen atoms in total. The van der Waals surface area contributed by atoms with Gasteiger partial charge in [-0.15, -0.1) is 0 Å². The highest BCUT2D eigenvalue weighted by molar-refractivity contribution is 5.98. The zero-order valence-electron chi connectivity index (χ0n) is 12.1. The molecule has 4 bridgehead atoms. The van der Waals surface area contributed by atoms with Crippen molar-refractivity contribution in [1.82, 2.24) is 0 Å². The fraction of sp³-hybridized carbons (Fsp3) is 0.800. The Kier molecular flexibility index (Phi) is 2.46. The Bertz CT molecular complexity index is 508. The first-order chi connectivity index (χ1) is 9.44. The van der Waals surface area contributed by atoms with Crippen LogP contribution in [0.1, 0.15) is 33.1 Å². The van der Waals surface area contributed by atoms with Gasteiger partial charge in [0.05, 0.1) is 12.7 Å². The lowest BCUT2D eigenvalue weighted by atomic mass is 9.70. The molecule has 1 aliphatic carbocycles. The Morgan fingerprint density at radius 3 is 2.85 bits per heavy atom. The van der Waals surface area contributed by atoms with E-state index in [1.807, 2.05) is 0 Å². The largest absolute Gasteiger partial charge is 0.461 e. The van der Waals surface area contributed by atoms with Crippen LogP contribution < -0.4 is 0 Å². The molecule has 3 heterocycles. The zero-order valence-corrected chi connectivity index (χ0v) is 12.1. The van der Waals surface area contributed by atoms with Crippen molar-refractivity contribution in [2.24, 2.45) is 11.3 Å². The molecular weight excluding hydrogens is 260 g/mol. The van der Waals surface area contributed by atoms with Crippen LogP contribution in [0.4, 0.5) is 0 Å². The first kappa shape index (κ1) is 12.8. The molecule has 0 radical (unpaired) electrons. The van der Waals surface area contributed by atoms with E-state index in [0.29, 0.717) is 19.4 Å². The second-order valence-corrected chi connectivity index (χ2v) is 7.05. The smallest absolute Gasteiger partial charge is 0.262 e. The standard InChI is InChI=1S/C15H20O5/c1-14(2)5-9(16)12-8-4-15(17-3,20-10(12)6-14)13-18-7-11(8)19-13/h8,11,13H,4-7H2,1-3H3/t8-,11+,13+,15+/m0/s1. The molecule has 0 unspecified atom stereocenters. The van der Waals surface area contributed by atoms with Crippen LogP contribution in [0.3, 0.4) is 0 Å². The maximum absolute atomic E-state index is 12.5. The number of Topliss-reactive ketones (excluding diaryl/α,β-unsaturated/α-hetero) is 1. The van der Waals surface area contributed by atoms with Gasteiger partial charge in [-0.25, -0.2) is 0 Å². The van der Waals surface area contributed by atoms with E-state index in [2.05, 4.69) is 13.8 Å².